The highest BCUT2D eigenvalue weighted by molar-refractivity contribution is 6.04. The van der Waals surface area contributed by atoms with Crippen molar-refractivity contribution in [3.63, 3.8) is 0 Å². The van der Waals surface area contributed by atoms with E-state index in [2.05, 4.69) is 11.4 Å². The summed E-state index contributed by atoms with van der Waals surface area (Å²) in [5, 5.41) is 2.94. The fourth-order valence-electron chi connectivity index (χ4n) is 2.92. The third kappa shape index (κ3) is 4.36. The summed E-state index contributed by atoms with van der Waals surface area (Å²) in [6.45, 7) is 5.42. The number of anilines is 1. The molecular weight excluding hydrogens is 302 g/mol. The van der Waals surface area contributed by atoms with Crippen molar-refractivity contribution in [2.24, 2.45) is 0 Å². The largest absolute Gasteiger partial charge is 0.491 e. The molecule has 4 heteroatoms. The number of hydrogen-bond donors (Lipinski definition) is 1. The smallest absolute Gasteiger partial charge is 0.255 e. The van der Waals surface area contributed by atoms with Crippen LogP contribution in [0.25, 0.3) is 0 Å². The van der Waals surface area contributed by atoms with E-state index in [1.165, 1.54) is 0 Å². The topological polar surface area (TPSA) is 47.6 Å². The maximum absolute atomic E-state index is 12.3. The van der Waals surface area contributed by atoms with Crippen LogP contribution < -0.4 is 10.1 Å². The van der Waals surface area contributed by atoms with E-state index in [4.69, 9.17) is 9.47 Å². The molecule has 1 atom stereocenters. The first-order valence-electron chi connectivity index (χ1n) is 8.34. The minimum Gasteiger partial charge on any atom is -0.491 e. The van der Waals surface area contributed by atoms with Gasteiger partial charge < -0.3 is 14.8 Å². The Hall–Kier alpha value is -2.33. The van der Waals surface area contributed by atoms with Gasteiger partial charge in [-0.25, -0.2) is 0 Å². The Morgan fingerprint density at radius 3 is 2.50 bits per heavy atom. The highest BCUT2D eigenvalue weighted by Crippen LogP contribution is 2.18. The van der Waals surface area contributed by atoms with E-state index >= 15 is 0 Å². The fraction of sp³-hybridized carbons (Fsp3) is 0.350. The molecule has 1 saturated heterocycles. The highest BCUT2D eigenvalue weighted by atomic mass is 16.5. The first kappa shape index (κ1) is 16.5. The van der Waals surface area contributed by atoms with Gasteiger partial charge in [0.2, 0.25) is 0 Å². The first-order chi connectivity index (χ1) is 11.6. The van der Waals surface area contributed by atoms with E-state index < -0.39 is 0 Å². The summed E-state index contributed by atoms with van der Waals surface area (Å²) in [6, 6.07) is 13.2. The van der Waals surface area contributed by atoms with Crippen LogP contribution in [0.1, 0.15) is 34.3 Å². The number of ether oxygens (including phenoxy) is 2. The van der Waals surface area contributed by atoms with Gasteiger partial charge >= 0.3 is 0 Å². The van der Waals surface area contributed by atoms with Crippen LogP contribution in [0.3, 0.4) is 0 Å². The van der Waals surface area contributed by atoms with Gasteiger partial charge in [-0.15, -0.1) is 0 Å². The van der Waals surface area contributed by atoms with Crippen LogP contribution in [0.5, 0.6) is 5.75 Å². The molecule has 4 nitrogen and oxygen atoms in total. The summed E-state index contributed by atoms with van der Waals surface area (Å²) < 4.78 is 11.3. The van der Waals surface area contributed by atoms with E-state index in [0.717, 1.165) is 42.0 Å². The average Bonchev–Trinajstić information content (AvgIpc) is 3.06. The number of benzene rings is 2. The van der Waals surface area contributed by atoms with E-state index in [1.54, 1.807) is 12.1 Å². The molecular formula is C20H23NO3. The van der Waals surface area contributed by atoms with Crippen molar-refractivity contribution >= 4 is 11.6 Å². The Labute approximate surface area is 142 Å². The second-order valence-corrected chi connectivity index (χ2v) is 6.30. The molecule has 1 amide bonds. The number of carbonyl (C=O) groups excluding carboxylic acids is 1. The number of amides is 1. The maximum Gasteiger partial charge on any atom is 0.255 e. The van der Waals surface area contributed by atoms with Crippen molar-refractivity contribution in [3.05, 3.63) is 59.2 Å². The normalized spacial score (nSPS) is 16.8. The average molecular weight is 325 g/mol. The van der Waals surface area contributed by atoms with E-state index in [-0.39, 0.29) is 12.0 Å². The van der Waals surface area contributed by atoms with Crippen LogP contribution in [0.15, 0.2) is 42.5 Å². The van der Waals surface area contributed by atoms with Gasteiger partial charge in [0, 0.05) is 17.9 Å². The molecule has 1 aliphatic rings. The monoisotopic (exact) mass is 325 g/mol. The van der Waals surface area contributed by atoms with Crippen molar-refractivity contribution in [2.75, 3.05) is 18.5 Å². The quantitative estimate of drug-likeness (QED) is 0.900. The molecule has 24 heavy (non-hydrogen) atoms. The molecule has 3 rings (SSSR count). The standard InChI is InChI=1S/C20H23NO3/c1-14-10-15(2)12-17(11-14)21-20(22)16-5-7-18(8-6-16)24-13-19-4-3-9-23-19/h5-8,10-12,19H,3-4,9,13H2,1-2H3,(H,21,22)/t19-/m0/s1. The van der Waals surface area contributed by atoms with Crippen LogP contribution in [0.4, 0.5) is 5.69 Å². The summed E-state index contributed by atoms with van der Waals surface area (Å²) in [7, 11) is 0. The first-order valence-corrected chi connectivity index (χ1v) is 8.34. The predicted octanol–water partition coefficient (Wildman–Crippen LogP) is 4.11. The van der Waals surface area contributed by atoms with Crippen molar-refractivity contribution < 1.29 is 14.3 Å². The number of aryl methyl sites for hydroxylation is 2. The lowest BCUT2D eigenvalue weighted by atomic mass is 10.1. The van der Waals surface area contributed by atoms with Crippen LogP contribution in [-0.4, -0.2) is 25.2 Å². The van der Waals surface area contributed by atoms with Gasteiger partial charge in [0.05, 0.1) is 6.10 Å². The van der Waals surface area contributed by atoms with Crippen LogP contribution in [-0.2, 0) is 4.74 Å². The van der Waals surface area contributed by atoms with Gasteiger partial charge in [-0.05, 0) is 74.2 Å². The van der Waals surface area contributed by atoms with Gasteiger partial charge in [-0.1, -0.05) is 6.07 Å². The van der Waals surface area contributed by atoms with Crippen molar-refractivity contribution in [2.45, 2.75) is 32.8 Å². The lowest BCUT2D eigenvalue weighted by molar-refractivity contribution is 0.0679. The second kappa shape index (κ2) is 7.49. The highest BCUT2D eigenvalue weighted by Gasteiger charge is 2.16. The molecule has 1 N–H and O–H groups in total. The molecule has 1 heterocycles. The Morgan fingerprint density at radius 2 is 1.88 bits per heavy atom. The zero-order valence-electron chi connectivity index (χ0n) is 14.2. The molecule has 0 aliphatic carbocycles. The van der Waals surface area contributed by atoms with Crippen molar-refractivity contribution in [1.29, 1.82) is 0 Å². The summed E-state index contributed by atoms with van der Waals surface area (Å²) in [4.78, 5) is 12.3. The van der Waals surface area contributed by atoms with Gasteiger partial charge in [0.1, 0.15) is 12.4 Å². The minimum absolute atomic E-state index is 0.120. The zero-order valence-corrected chi connectivity index (χ0v) is 14.2. The van der Waals surface area contributed by atoms with Crippen LogP contribution in [0.2, 0.25) is 0 Å². The maximum atomic E-state index is 12.3. The summed E-state index contributed by atoms with van der Waals surface area (Å²) in [5.74, 6) is 0.638. The molecule has 0 bridgehead atoms. The predicted molar refractivity (Wildman–Crippen MR) is 94.8 cm³/mol. The Morgan fingerprint density at radius 1 is 1.17 bits per heavy atom. The van der Waals surface area contributed by atoms with Gasteiger partial charge in [0.15, 0.2) is 0 Å². The third-order valence-electron chi connectivity index (χ3n) is 4.06. The number of nitrogens with one attached hydrogen (secondary N) is 1. The number of hydrogen-bond acceptors (Lipinski definition) is 3. The Balaban J connectivity index is 1.58. The molecule has 0 saturated carbocycles. The second-order valence-electron chi connectivity index (χ2n) is 6.30. The lowest BCUT2D eigenvalue weighted by Gasteiger charge is -2.12. The van der Waals surface area contributed by atoms with E-state index in [0.29, 0.717) is 12.2 Å². The SMILES string of the molecule is Cc1cc(C)cc(NC(=O)c2ccc(OC[C@@H]3CCCO3)cc2)c1. The number of carbonyl (C=O) groups is 1. The molecule has 1 aliphatic heterocycles. The molecule has 0 radical (unpaired) electrons. The molecule has 2 aromatic carbocycles. The molecule has 1 fully saturated rings. The molecule has 0 aromatic heterocycles. The lowest BCUT2D eigenvalue weighted by Crippen LogP contribution is -2.16. The summed E-state index contributed by atoms with van der Waals surface area (Å²) >= 11 is 0. The van der Waals surface area contributed by atoms with E-state index in [1.807, 2.05) is 38.1 Å². The summed E-state index contributed by atoms with van der Waals surface area (Å²) in [6.07, 6.45) is 2.35. The van der Waals surface area contributed by atoms with Gasteiger partial charge in [0.25, 0.3) is 5.91 Å². The zero-order chi connectivity index (χ0) is 16.9. The molecule has 0 unspecified atom stereocenters. The van der Waals surface area contributed by atoms with Crippen molar-refractivity contribution in [3.8, 4) is 5.75 Å². The van der Waals surface area contributed by atoms with Crippen LogP contribution in [0, 0.1) is 13.8 Å². The Kier molecular flexibility index (Phi) is 5.16. The van der Waals surface area contributed by atoms with Crippen molar-refractivity contribution in [1.82, 2.24) is 0 Å². The third-order valence-corrected chi connectivity index (χ3v) is 4.06. The Bertz CT molecular complexity index is 683. The van der Waals surface area contributed by atoms with Gasteiger partial charge in [-0.2, -0.15) is 0 Å². The van der Waals surface area contributed by atoms with E-state index in [9.17, 15) is 4.79 Å². The summed E-state index contributed by atoms with van der Waals surface area (Å²) in [5.41, 5.74) is 3.68. The molecule has 126 valence electrons. The minimum atomic E-state index is -0.120. The number of rotatable bonds is 5. The van der Waals surface area contributed by atoms with Crippen LogP contribution >= 0.6 is 0 Å². The molecule has 0 spiro atoms. The fourth-order valence-corrected chi connectivity index (χ4v) is 2.92. The molecule has 2 aromatic rings. The van der Waals surface area contributed by atoms with Gasteiger partial charge in [-0.3, -0.25) is 4.79 Å².